The van der Waals surface area contributed by atoms with E-state index >= 15 is 0 Å². The van der Waals surface area contributed by atoms with Gasteiger partial charge in [0.15, 0.2) is 0 Å². The van der Waals surface area contributed by atoms with E-state index < -0.39 is 18.8 Å². The van der Waals surface area contributed by atoms with Gasteiger partial charge in [-0.1, -0.05) is 12.6 Å². The normalized spacial score (nSPS) is 20.3. The third kappa shape index (κ3) is 5.98. The van der Waals surface area contributed by atoms with Crippen LogP contribution in [0, 0.1) is 5.92 Å². The zero-order valence-corrected chi connectivity index (χ0v) is 19.0. The summed E-state index contributed by atoms with van der Waals surface area (Å²) in [6.07, 6.45) is 1.00. The first kappa shape index (κ1) is 24.9. The molecule has 11 heteroatoms. The summed E-state index contributed by atoms with van der Waals surface area (Å²) >= 11 is 0. The molecule has 5 N–H and O–H groups in total. The lowest BCUT2D eigenvalue weighted by atomic mass is 9.82. The summed E-state index contributed by atoms with van der Waals surface area (Å²) in [4.78, 5) is 28.0. The maximum absolute atomic E-state index is 12.6. The SMILES string of the molecule is C=C([C@@H]1C[C@H](CC(=O)N2CC(Oc3ccc(CCB(O)O)c(O)c3C(=O)O)C2)CN1)N(C)C. The Morgan fingerprint density at radius 3 is 2.61 bits per heavy atom. The molecule has 2 fully saturated rings. The molecular formula is C22H32BN3O7. The summed E-state index contributed by atoms with van der Waals surface area (Å²) < 4.78 is 5.77. The van der Waals surface area contributed by atoms with Crippen molar-refractivity contribution in [2.75, 3.05) is 33.7 Å². The highest BCUT2D eigenvalue weighted by molar-refractivity contribution is 6.41. The minimum Gasteiger partial charge on any atom is -0.507 e. The minimum atomic E-state index is -1.55. The molecule has 0 aliphatic carbocycles. The van der Waals surface area contributed by atoms with Crippen LogP contribution in [0.2, 0.25) is 6.32 Å². The molecule has 1 amide bonds. The van der Waals surface area contributed by atoms with Crippen LogP contribution in [0.1, 0.15) is 28.8 Å². The molecule has 1 aromatic rings. The molecule has 0 unspecified atom stereocenters. The van der Waals surface area contributed by atoms with Gasteiger partial charge in [-0.25, -0.2) is 4.79 Å². The number of aryl methyl sites for hydroxylation is 1. The van der Waals surface area contributed by atoms with Gasteiger partial charge in [0.2, 0.25) is 5.91 Å². The number of hydrogen-bond donors (Lipinski definition) is 5. The highest BCUT2D eigenvalue weighted by atomic mass is 16.5. The standard InChI is InChI=1S/C22H32BN3O7/c1-13(25(2)3)17-8-14(10-24-17)9-19(27)26-11-16(12-26)33-18-5-4-15(6-7-23(31)32)21(28)20(18)22(29)30/h4-5,14,16-17,24,28,31-32H,1,6-12H2,2-3H3,(H,29,30)/t14-,17+/m1/s1. The second kappa shape index (κ2) is 10.5. The number of rotatable bonds is 10. The Morgan fingerprint density at radius 1 is 1.30 bits per heavy atom. The molecular weight excluding hydrogens is 429 g/mol. The summed E-state index contributed by atoms with van der Waals surface area (Å²) in [6, 6.07) is 3.14. The van der Waals surface area contributed by atoms with Crippen molar-refractivity contribution in [2.45, 2.75) is 37.7 Å². The second-order valence-corrected chi connectivity index (χ2v) is 8.96. The van der Waals surface area contributed by atoms with Crippen LogP contribution in [0.5, 0.6) is 11.5 Å². The Kier molecular flexibility index (Phi) is 7.88. The number of likely N-dealkylation sites (tertiary alicyclic amines) is 1. The molecule has 2 atom stereocenters. The van der Waals surface area contributed by atoms with E-state index in [1.54, 1.807) is 4.90 Å². The van der Waals surface area contributed by atoms with Crippen molar-refractivity contribution < 1.29 is 34.6 Å². The Morgan fingerprint density at radius 2 is 2.00 bits per heavy atom. The second-order valence-electron chi connectivity index (χ2n) is 8.96. The number of benzene rings is 1. The monoisotopic (exact) mass is 461 g/mol. The number of carbonyl (C=O) groups is 2. The minimum absolute atomic E-state index is 0.0235. The van der Waals surface area contributed by atoms with E-state index in [2.05, 4.69) is 11.9 Å². The molecule has 2 aliphatic heterocycles. The molecule has 10 nitrogen and oxygen atoms in total. The average molecular weight is 461 g/mol. The maximum atomic E-state index is 12.6. The van der Waals surface area contributed by atoms with Gasteiger partial charge in [-0.2, -0.15) is 0 Å². The lowest BCUT2D eigenvalue weighted by molar-refractivity contribution is -0.140. The first-order valence-corrected chi connectivity index (χ1v) is 11.0. The van der Waals surface area contributed by atoms with Crippen LogP contribution >= 0.6 is 0 Å². The number of nitrogens with one attached hydrogen (secondary N) is 1. The largest absolute Gasteiger partial charge is 0.507 e. The number of likely N-dealkylation sites (N-methyl/N-ethyl adjacent to an activating group) is 1. The van der Waals surface area contributed by atoms with Gasteiger partial charge in [0, 0.05) is 32.3 Å². The first-order valence-electron chi connectivity index (χ1n) is 11.0. The van der Waals surface area contributed by atoms with Crippen LogP contribution < -0.4 is 10.1 Å². The number of aromatic carboxylic acids is 1. The molecule has 2 heterocycles. The van der Waals surface area contributed by atoms with Gasteiger partial charge < -0.3 is 40.1 Å². The van der Waals surface area contributed by atoms with Gasteiger partial charge in [-0.15, -0.1) is 0 Å². The van der Waals surface area contributed by atoms with Crippen molar-refractivity contribution in [3.63, 3.8) is 0 Å². The van der Waals surface area contributed by atoms with Crippen molar-refractivity contribution in [1.29, 1.82) is 0 Å². The van der Waals surface area contributed by atoms with Crippen molar-refractivity contribution >= 4 is 19.0 Å². The van der Waals surface area contributed by atoms with Gasteiger partial charge in [0.1, 0.15) is 23.2 Å². The van der Waals surface area contributed by atoms with E-state index in [9.17, 15) is 19.8 Å². The third-order valence-electron chi connectivity index (χ3n) is 6.27. The first-order chi connectivity index (χ1) is 15.6. The number of hydrogen-bond acceptors (Lipinski definition) is 8. The highest BCUT2D eigenvalue weighted by Gasteiger charge is 2.36. The number of phenols is 1. The van der Waals surface area contributed by atoms with Crippen LogP contribution in [-0.4, -0.2) is 94.9 Å². The summed E-state index contributed by atoms with van der Waals surface area (Å²) in [5.41, 5.74) is 0.922. The highest BCUT2D eigenvalue weighted by Crippen LogP contribution is 2.34. The smallest absolute Gasteiger partial charge is 0.451 e. The lowest BCUT2D eigenvalue weighted by Gasteiger charge is -2.39. The number of carboxylic acid groups (broad SMARTS) is 1. The fraction of sp³-hybridized carbons (Fsp3) is 0.545. The Balaban J connectivity index is 1.52. The summed E-state index contributed by atoms with van der Waals surface area (Å²) in [6.45, 7) is 5.55. The molecule has 0 radical (unpaired) electrons. The number of ether oxygens (including phenoxy) is 1. The van der Waals surface area contributed by atoms with Crippen LogP contribution in [0.15, 0.2) is 24.4 Å². The fourth-order valence-corrected chi connectivity index (χ4v) is 4.21. The third-order valence-corrected chi connectivity index (χ3v) is 6.27. The molecule has 33 heavy (non-hydrogen) atoms. The quantitative estimate of drug-likeness (QED) is 0.308. The number of amides is 1. The predicted octanol–water partition coefficient (Wildman–Crippen LogP) is 0.139. The zero-order valence-electron chi connectivity index (χ0n) is 19.0. The van der Waals surface area contributed by atoms with E-state index in [0.717, 1.165) is 18.7 Å². The van der Waals surface area contributed by atoms with Gasteiger partial charge in [0.05, 0.1) is 13.1 Å². The Labute approximate surface area is 193 Å². The number of carboxylic acids is 1. The van der Waals surface area contributed by atoms with E-state index in [4.69, 9.17) is 14.8 Å². The number of nitrogens with zero attached hydrogens (tertiary/aromatic N) is 2. The van der Waals surface area contributed by atoms with Gasteiger partial charge >= 0.3 is 13.1 Å². The Hall–Kier alpha value is -2.76. The maximum Gasteiger partial charge on any atom is 0.451 e. The molecule has 0 bridgehead atoms. The van der Waals surface area contributed by atoms with Crippen molar-refractivity contribution in [2.24, 2.45) is 5.92 Å². The van der Waals surface area contributed by atoms with Gasteiger partial charge in [0.25, 0.3) is 0 Å². The zero-order chi connectivity index (χ0) is 24.3. The van der Waals surface area contributed by atoms with Crippen molar-refractivity contribution in [1.82, 2.24) is 15.1 Å². The lowest BCUT2D eigenvalue weighted by Crippen LogP contribution is -2.56. The molecule has 3 rings (SSSR count). The summed E-state index contributed by atoms with van der Waals surface area (Å²) in [5.74, 6) is -1.49. The van der Waals surface area contributed by atoms with Crippen LogP contribution in [-0.2, 0) is 11.2 Å². The van der Waals surface area contributed by atoms with Crippen molar-refractivity contribution in [3.8, 4) is 11.5 Å². The molecule has 2 aliphatic rings. The van der Waals surface area contributed by atoms with E-state index in [1.165, 1.54) is 12.1 Å². The summed E-state index contributed by atoms with van der Waals surface area (Å²) in [5, 5.41) is 41.3. The molecule has 1 aromatic carbocycles. The fourth-order valence-electron chi connectivity index (χ4n) is 4.21. The molecule has 2 saturated heterocycles. The van der Waals surface area contributed by atoms with Crippen LogP contribution in [0.4, 0.5) is 0 Å². The Bertz CT molecular complexity index is 902. The van der Waals surface area contributed by atoms with Gasteiger partial charge in [-0.05, 0) is 43.3 Å². The van der Waals surface area contributed by atoms with Crippen LogP contribution in [0.3, 0.4) is 0 Å². The molecule has 0 aromatic heterocycles. The predicted molar refractivity (Wildman–Crippen MR) is 122 cm³/mol. The van der Waals surface area contributed by atoms with E-state index in [0.29, 0.717) is 25.1 Å². The van der Waals surface area contributed by atoms with Gasteiger partial charge in [-0.3, -0.25) is 4.79 Å². The molecule has 0 spiro atoms. The topological polar surface area (TPSA) is 143 Å². The van der Waals surface area contributed by atoms with E-state index in [-0.39, 0.29) is 48.0 Å². The van der Waals surface area contributed by atoms with Crippen molar-refractivity contribution in [3.05, 3.63) is 35.5 Å². The summed E-state index contributed by atoms with van der Waals surface area (Å²) in [7, 11) is 2.35. The molecule has 0 saturated carbocycles. The number of aromatic hydroxyl groups is 1. The number of carbonyl (C=O) groups excluding carboxylic acids is 1. The van der Waals surface area contributed by atoms with E-state index in [1.807, 2.05) is 19.0 Å². The average Bonchev–Trinajstić information content (AvgIpc) is 3.16. The molecule has 180 valence electrons. The van der Waals surface area contributed by atoms with Crippen LogP contribution in [0.25, 0.3) is 0 Å².